The van der Waals surface area contributed by atoms with Crippen molar-refractivity contribution < 1.29 is 16.8 Å². The number of rotatable bonds is 7. The van der Waals surface area contributed by atoms with Crippen LogP contribution in [-0.4, -0.2) is 23.1 Å². The highest BCUT2D eigenvalue weighted by Gasteiger charge is 2.27. The van der Waals surface area contributed by atoms with Gasteiger partial charge in [0.15, 0.2) is 9.84 Å². The molecule has 0 saturated heterocycles. The maximum Gasteiger partial charge on any atom is 0.242 e. The van der Waals surface area contributed by atoms with Crippen molar-refractivity contribution in [2.75, 3.05) is 6.26 Å². The molecule has 0 radical (unpaired) electrons. The third-order valence-corrected chi connectivity index (χ3v) is 8.61. The van der Waals surface area contributed by atoms with E-state index < -0.39 is 25.9 Å². The molecule has 1 aromatic heterocycles. The lowest BCUT2D eigenvalue weighted by molar-refractivity contribution is 0.573. The minimum Gasteiger partial charge on any atom is -0.224 e. The topological polar surface area (TPSA) is 80.3 Å². The average Bonchev–Trinajstić information content (AvgIpc) is 3.20. The predicted octanol–water partition coefficient (Wildman–Crippen LogP) is 5.00. The van der Waals surface area contributed by atoms with Crippen LogP contribution in [0.25, 0.3) is 0 Å². The van der Waals surface area contributed by atoms with Gasteiger partial charge in [-0.05, 0) is 46.7 Å². The molecule has 0 aliphatic carbocycles. The Morgan fingerprint density at radius 3 is 2.10 bits per heavy atom. The summed E-state index contributed by atoms with van der Waals surface area (Å²) in [7, 11) is -7.70. The number of hydrogen-bond acceptors (Lipinski definition) is 5. The number of thiophene rings is 1. The number of benzene rings is 2. The van der Waals surface area contributed by atoms with Gasteiger partial charge in [-0.1, -0.05) is 55.8 Å². The first-order chi connectivity index (χ1) is 14.0. The first-order valence-electron chi connectivity index (χ1n) is 9.14. The van der Waals surface area contributed by atoms with Gasteiger partial charge in [0.05, 0.1) is 16.0 Å². The molecule has 30 heavy (non-hydrogen) atoms. The third-order valence-electron chi connectivity index (χ3n) is 4.66. The Labute approximate surface area is 186 Å². The molecular formula is C21H22ClNO4S3. The van der Waals surface area contributed by atoms with Crippen LogP contribution >= 0.6 is 22.9 Å². The maximum absolute atomic E-state index is 13.2. The quantitative estimate of drug-likeness (QED) is 0.513. The molecule has 1 N–H and O–H groups in total. The lowest BCUT2D eigenvalue weighted by Crippen LogP contribution is -2.29. The first kappa shape index (κ1) is 23.0. The van der Waals surface area contributed by atoms with Crippen molar-refractivity contribution in [3.63, 3.8) is 0 Å². The van der Waals surface area contributed by atoms with Gasteiger partial charge in [0.25, 0.3) is 0 Å². The van der Waals surface area contributed by atoms with Gasteiger partial charge >= 0.3 is 0 Å². The van der Waals surface area contributed by atoms with Gasteiger partial charge in [0.1, 0.15) is 4.90 Å². The number of nitrogens with one attached hydrogen (secondary N) is 1. The maximum atomic E-state index is 13.2. The Morgan fingerprint density at radius 2 is 1.57 bits per heavy atom. The van der Waals surface area contributed by atoms with Crippen LogP contribution < -0.4 is 4.72 Å². The molecule has 3 rings (SSSR count). The molecule has 5 nitrogen and oxygen atoms in total. The minimum atomic E-state index is -4.11. The van der Waals surface area contributed by atoms with E-state index in [0.717, 1.165) is 28.3 Å². The molecule has 160 valence electrons. The first-order valence-corrected chi connectivity index (χ1v) is 13.8. The molecule has 0 fully saturated rings. The zero-order valence-corrected chi connectivity index (χ0v) is 19.9. The number of halogens is 1. The Hall–Kier alpha value is -1.71. The fourth-order valence-electron chi connectivity index (χ4n) is 2.96. The van der Waals surface area contributed by atoms with E-state index in [2.05, 4.69) is 18.6 Å². The minimum absolute atomic E-state index is 0.0463. The van der Waals surface area contributed by atoms with Crippen LogP contribution in [0.15, 0.2) is 69.8 Å². The van der Waals surface area contributed by atoms with E-state index >= 15 is 0 Å². The summed E-state index contributed by atoms with van der Waals surface area (Å²) in [6.45, 7) is 4.18. The van der Waals surface area contributed by atoms with Crippen molar-refractivity contribution in [2.45, 2.75) is 35.6 Å². The molecule has 0 amide bonds. The van der Waals surface area contributed by atoms with Crippen LogP contribution in [0.1, 0.15) is 41.8 Å². The Balaban J connectivity index is 2.05. The molecule has 0 aliphatic heterocycles. The van der Waals surface area contributed by atoms with Gasteiger partial charge < -0.3 is 0 Å². The highest BCUT2D eigenvalue weighted by atomic mass is 35.5. The molecule has 1 atom stereocenters. The van der Waals surface area contributed by atoms with Crippen molar-refractivity contribution in [1.82, 2.24) is 4.72 Å². The summed E-state index contributed by atoms with van der Waals surface area (Å²) in [6, 6.07) is 14.5. The molecule has 2 aromatic carbocycles. The van der Waals surface area contributed by atoms with E-state index in [1.54, 1.807) is 0 Å². The lowest BCUT2D eigenvalue weighted by Gasteiger charge is -2.20. The molecule has 1 unspecified atom stereocenters. The molecule has 1 heterocycles. The molecular weight excluding hydrogens is 462 g/mol. The number of hydrogen-bond donors (Lipinski definition) is 1. The number of sulfonamides is 1. The van der Waals surface area contributed by atoms with Crippen molar-refractivity contribution in [1.29, 1.82) is 0 Å². The third kappa shape index (κ3) is 5.12. The summed E-state index contributed by atoms with van der Waals surface area (Å²) < 4.78 is 52.9. The van der Waals surface area contributed by atoms with Gasteiger partial charge in [0.2, 0.25) is 10.0 Å². The molecule has 9 heteroatoms. The van der Waals surface area contributed by atoms with Gasteiger partial charge in [-0.15, -0.1) is 11.3 Å². The van der Waals surface area contributed by atoms with Crippen LogP contribution in [0, 0.1) is 0 Å². The highest BCUT2D eigenvalue weighted by molar-refractivity contribution is 7.91. The predicted molar refractivity (Wildman–Crippen MR) is 122 cm³/mol. The average molecular weight is 484 g/mol. The fraction of sp³-hybridized carbons (Fsp3) is 0.238. The van der Waals surface area contributed by atoms with Gasteiger partial charge in [-0.3, -0.25) is 0 Å². The molecule has 3 aromatic rings. The van der Waals surface area contributed by atoms with Crippen molar-refractivity contribution in [3.8, 4) is 0 Å². The summed E-state index contributed by atoms with van der Waals surface area (Å²) in [5.41, 5.74) is 1.93. The van der Waals surface area contributed by atoms with E-state index in [-0.39, 0.29) is 14.8 Å². The number of sulfone groups is 1. The molecule has 0 aliphatic rings. The van der Waals surface area contributed by atoms with Gasteiger partial charge in [-0.2, -0.15) is 4.72 Å². The van der Waals surface area contributed by atoms with Gasteiger partial charge in [-0.25, -0.2) is 16.8 Å². The summed E-state index contributed by atoms with van der Waals surface area (Å²) in [5, 5.41) is 1.83. The second-order valence-electron chi connectivity index (χ2n) is 7.26. The van der Waals surface area contributed by atoms with E-state index in [4.69, 9.17) is 11.6 Å². The van der Waals surface area contributed by atoms with Crippen LogP contribution in [0.2, 0.25) is 5.02 Å². The highest BCUT2D eigenvalue weighted by Crippen LogP contribution is 2.31. The van der Waals surface area contributed by atoms with E-state index in [1.807, 2.05) is 41.8 Å². The molecule has 0 bridgehead atoms. The van der Waals surface area contributed by atoms with Crippen molar-refractivity contribution in [2.24, 2.45) is 0 Å². The largest absolute Gasteiger partial charge is 0.242 e. The smallest absolute Gasteiger partial charge is 0.224 e. The summed E-state index contributed by atoms with van der Waals surface area (Å²) in [4.78, 5) is 0.431. The summed E-state index contributed by atoms with van der Waals surface area (Å²) >= 11 is 7.56. The summed E-state index contributed by atoms with van der Waals surface area (Å²) in [6.07, 6.45) is 1.02. The van der Waals surface area contributed by atoms with Crippen LogP contribution in [0.3, 0.4) is 0 Å². The second-order valence-corrected chi connectivity index (χ2v) is 12.3. The zero-order valence-electron chi connectivity index (χ0n) is 16.7. The Morgan fingerprint density at radius 1 is 0.933 bits per heavy atom. The van der Waals surface area contributed by atoms with E-state index in [1.165, 1.54) is 23.5 Å². The van der Waals surface area contributed by atoms with Crippen LogP contribution in [0.5, 0.6) is 0 Å². The second kappa shape index (κ2) is 8.80. The Bertz CT molecular complexity index is 1230. The standard InChI is InChI=1S/C21H22ClNO4S3/c1-14(2)15-6-8-16(9-7-15)21(19-5-4-12-28-19)23-30(26,27)20-13-17(29(3,24)25)10-11-18(20)22/h4-14,21,23H,1-3H3. The lowest BCUT2D eigenvalue weighted by atomic mass is 9.99. The summed E-state index contributed by atoms with van der Waals surface area (Å²) in [5.74, 6) is 0.355. The SMILES string of the molecule is CC(C)c1ccc(C(NS(=O)(=O)c2cc(S(C)(=O)=O)ccc2Cl)c2cccs2)cc1. The molecule has 0 spiro atoms. The van der Waals surface area contributed by atoms with E-state index in [9.17, 15) is 16.8 Å². The van der Waals surface area contributed by atoms with Crippen molar-refractivity contribution in [3.05, 3.63) is 81.0 Å². The zero-order chi connectivity index (χ0) is 22.1. The fourth-order valence-corrected chi connectivity index (χ4v) is 6.29. The normalized spacial score (nSPS) is 13.5. The van der Waals surface area contributed by atoms with Crippen LogP contribution in [0.4, 0.5) is 0 Å². The van der Waals surface area contributed by atoms with Gasteiger partial charge in [0, 0.05) is 11.1 Å². The van der Waals surface area contributed by atoms with Crippen molar-refractivity contribution >= 4 is 42.8 Å². The Kier molecular flexibility index (Phi) is 6.74. The van der Waals surface area contributed by atoms with E-state index in [0.29, 0.717) is 5.92 Å². The monoisotopic (exact) mass is 483 g/mol. The molecule has 0 saturated carbocycles. The van der Waals surface area contributed by atoms with Crippen LogP contribution in [-0.2, 0) is 19.9 Å².